The number of nitrogens with one attached hydrogen (secondary N) is 1. The molecule has 1 aromatic heterocycles. The van der Waals surface area contributed by atoms with Gasteiger partial charge in [0.2, 0.25) is 5.16 Å². The minimum Gasteiger partial charge on any atom is -0.269 e. The Labute approximate surface area is 55.0 Å². The summed E-state index contributed by atoms with van der Waals surface area (Å²) in [5, 5.41) is 6.41. The van der Waals surface area contributed by atoms with E-state index in [1.807, 2.05) is 0 Å². The number of aromatic nitrogens is 3. The molecule has 0 aromatic carbocycles. The van der Waals surface area contributed by atoms with Crippen molar-refractivity contribution in [3.05, 3.63) is 6.33 Å². The van der Waals surface area contributed by atoms with E-state index in [1.165, 1.54) is 6.33 Å². The van der Waals surface area contributed by atoms with Crippen molar-refractivity contribution >= 4 is 10.8 Å². The molecular formula is C3H8FN3OS. The first-order valence-corrected chi connectivity index (χ1v) is 3.55. The van der Waals surface area contributed by atoms with Crippen molar-refractivity contribution in [1.82, 2.24) is 15.2 Å². The Bertz CT molecular complexity index is 192. The summed E-state index contributed by atoms with van der Waals surface area (Å²) < 4.78 is 10.5. The van der Waals surface area contributed by atoms with Crippen LogP contribution in [0.1, 0.15) is 1.43 Å². The van der Waals surface area contributed by atoms with Gasteiger partial charge in [0.05, 0.1) is 10.8 Å². The molecule has 0 saturated carbocycles. The van der Waals surface area contributed by atoms with Crippen LogP contribution in [0.2, 0.25) is 0 Å². The topological polar surface area (TPSA) is 58.6 Å². The second kappa shape index (κ2) is 3.29. The molecule has 0 aliphatic rings. The van der Waals surface area contributed by atoms with E-state index in [1.54, 1.807) is 6.26 Å². The molecule has 1 unspecified atom stereocenters. The van der Waals surface area contributed by atoms with Gasteiger partial charge in [0.25, 0.3) is 0 Å². The summed E-state index contributed by atoms with van der Waals surface area (Å²) in [6, 6.07) is 0. The first-order chi connectivity index (χ1) is 3.80. The van der Waals surface area contributed by atoms with E-state index in [0.717, 1.165) is 0 Å². The highest BCUT2D eigenvalue weighted by Crippen LogP contribution is 1.88. The smallest absolute Gasteiger partial charge is 0.214 e. The van der Waals surface area contributed by atoms with E-state index in [9.17, 15) is 4.21 Å². The normalized spacial score (nSPS) is 12.1. The quantitative estimate of drug-likeness (QED) is 0.615. The number of hydrogen-bond acceptors (Lipinski definition) is 3. The predicted octanol–water partition coefficient (Wildman–Crippen LogP) is -0.0594. The monoisotopic (exact) mass is 153 g/mol. The lowest BCUT2D eigenvalue weighted by Crippen LogP contribution is -1.88. The Kier molecular flexibility index (Phi) is 3.00. The van der Waals surface area contributed by atoms with Crippen molar-refractivity contribution in [2.75, 3.05) is 6.26 Å². The average molecular weight is 153 g/mol. The Morgan fingerprint density at radius 1 is 1.89 bits per heavy atom. The van der Waals surface area contributed by atoms with Crippen molar-refractivity contribution in [2.45, 2.75) is 5.16 Å². The molecule has 0 spiro atoms. The lowest BCUT2D eigenvalue weighted by Gasteiger charge is -1.80. The minimum absolute atomic E-state index is 0. The van der Waals surface area contributed by atoms with Crippen LogP contribution in [0.25, 0.3) is 0 Å². The number of rotatable bonds is 1. The van der Waals surface area contributed by atoms with E-state index in [-0.39, 0.29) is 6.13 Å². The maximum Gasteiger partial charge on any atom is 0.214 e. The van der Waals surface area contributed by atoms with Crippen LogP contribution in [0.3, 0.4) is 0 Å². The molecule has 54 valence electrons. The first kappa shape index (κ1) is 8.22. The highest BCUT2D eigenvalue weighted by Gasteiger charge is 1.95. The Balaban J connectivity index is 0. The summed E-state index contributed by atoms with van der Waals surface area (Å²) >= 11 is 0. The van der Waals surface area contributed by atoms with Gasteiger partial charge in [-0.1, -0.05) is 0 Å². The first-order valence-electron chi connectivity index (χ1n) is 1.99. The summed E-state index contributed by atoms with van der Waals surface area (Å²) in [6.07, 6.45) is 2.87. The Morgan fingerprint density at radius 3 is 2.78 bits per heavy atom. The molecule has 0 amide bonds. The van der Waals surface area contributed by atoms with Crippen molar-refractivity contribution in [2.24, 2.45) is 0 Å². The SMILES string of the molecule is CS(=O)c1ncn[nH]1.F.[HH]. The third-order valence-electron chi connectivity index (χ3n) is 0.665. The fraction of sp³-hybridized carbons (Fsp3) is 0.333. The van der Waals surface area contributed by atoms with Crippen LogP contribution in [-0.4, -0.2) is 25.6 Å². The molecule has 6 heteroatoms. The second-order valence-electron chi connectivity index (χ2n) is 1.24. The fourth-order valence-corrected chi connectivity index (χ4v) is 0.710. The molecule has 1 atom stereocenters. The van der Waals surface area contributed by atoms with Crippen LogP contribution in [0.4, 0.5) is 4.70 Å². The van der Waals surface area contributed by atoms with E-state index in [4.69, 9.17) is 0 Å². The number of aromatic amines is 1. The maximum absolute atomic E-state index is 10.5. The van der Waals surface area contributed by atoms with Crippen LogP contribution in [0.5, 0.6) is 0 Å². The third kappa shape index (κ3) is 1.88. The standard InChI is InChI=1S/C3H5N3OS.FH.H2/c1-8(7)3-4-2-5-6-3;;/h2H,1H3,(H,4,5,6);2*1H. The van der Waals surface area contributed by atoms with Crippen LogP contribution < -0.4 is 0 Å². The molecule has 0 bridgehead atoms. The molecule has 0 aliphatic heterocycles. The van der Waals surface area contributed by atoms with Gasteiger partial charge in [0.15, 0.2) is 0 Å². The van der Waals surface area contributed by atoms with Gasteiger partial charge in [0.1, 0.15) is 6.33 Å². The Morgan fingerprint density at radius 2 is 2.56 bits per heavy atom. The van der Waals surface area contributed by atoms with E-state index in [2.05, 4.69) is 15.2 Å². The fourth-order valence-electron chi connectivity index (χ4n) is 0.333. The number of nitrogens with zero attached hydrogens (tertiary/aromatic N) is 2. The predicted molar refractivity (Wildman–Crippen MR) is 33.3 cm³/mol. The molecule has 1 heterocycles. The zero-order valence-electron chi connectivity index (χ0n) is 4.70. The molecule has 0 saturated heterocycles. The van der Waals surface area contributed by atoms with Crippen molar-refractivity contribution in [3.63, 3.8) is 0 Å². The summed E-state index contributed by atoms with van der Waals surface area (Å²) in [5.74, 6) is 0. The van der Waals surface area contributed by atoms with Gasteiger partial charge in [0, 0.05) is 7.68 Å². The van der Waals surface area contributed by atoms with Gasteiger partial charge in [-0.15, -0.1) is 0 Å². The number of halogens is 1. The maximum atomic E-state index is 10.5. The van der Waals surface area contributed by atoms with E-state index in [0.29, 0.717) is 5.16 Å². The van der Waals surface area contributed by atoms with Gasteiger partial charge in [-0.2, -0.15) is 5.10 Å². The van der Waals surface area contributed by atoms with Gasteiger partial charge in [-0.05, 0) is 0 Å². The van der Waals surface area contributed by atoms with Gasteiger partial charge >= 0.3 is 0 Å². The summed E-state index contributed by atoms with van der Waals surface area (Å²) in [6.45, 7) is 0. The molecular weight excluding hydrogens is 145 g/mol. The summed E-state index contributed by atoms with van der Waals surface area (Å²) in [7, 11) is -1.03. The van der Waals surface area contributed by atoms with Crippen LogP contribution in [-0.2, 0) is 10.8 Å². The number of hydrogen-bond donors (Lipinski definition) is 1. The lowest BCUT2D eigenvalue weighted by molar-refractivity contribution is 0.680. The molecule has 1 aromatic rings. The van der Waals surface area contributed by atoms with Crippen LogP contribution in [0, 0.1) is 0 Å². The van der Waals surface area contributed by atoms with E-state index < -0.39 is 10.8 Å². The molecule has 4 nitrogen and oxygen atoms in total. The molecule has 0 radical (unpaired) electrons. The highest BCUT2D eigenvalue weighted by molar-refractivity contribution is 7.84. The summed E-state index contributed by atoms with van der Waals surface area (Å²) in [5.41, 5.74) is 0. The highest BCUT2D eigenvalue weighted by atomic mass is 32.2. The van der Waals surface area contributed by atoms with Gasteiger partial charge in [-0.25, -0.2) is 4.98 Å². The van der Waals surface area contributed by atoms with Crippen molar-refractivity contribution < 1.29 is 10.3 Å². The zero-order chi connectivity index (χ0) is 5.98. The van der Waals surface area contributed by atoms with Crippen molar-refractivity contribution in [1.29, 1.82) is 0 Å². The third-order valence-corrected chi connectivity index (χ3v) is 1.41. The molecule has 1 N–H and O–H groups in total. The molecule has 0 aliphatic carbocycles. The van der Waals surface area contributed by atoms with Crippen LogP contribution >= 0.6 is 0 Å². The van der Waals surface area contributed by atoms with Gasteiger partial charge in [-0.3, -0.25) is 14.0 Å². The molecule has 9 heavy (non-hydrogen) atoms. The Hall–Kier alpha value is -0.780. The number of H-pyrrole nitrogens is 1. The summed E-state index contributed by atoms with van der Waals surface area (Å²) in [4.78, 5) is 3.65. The molecule has 1 rings (SSSR count). The minimum atomic E-state index is -1.03. The van der Waals surface area contributed by atoms with Crippen LogP contribution in [0.15, 0.2) is 11.5 Å². The average Bonchev–Trinajstić information content (AvgIpc) is 2.12. The molecule has 0 fully saturated rings. The zero-order valence-corrected chi connectivity index (χ0v) is 5.51. The van der Waals surface area contributed by atoms with E-state index >= 15 is 0 Å². The van der Waals surface area contributed by atoms with Crippen molar-refractivity contribution in [3.8, 4) is 0 Å². The largest absolute Gasteiger partial charge is 0.269 e. The lowest BCUT2D eigenvalue weighted by atomic mass is 11.3. The second-order valence-corrected chi connectivity index (χ2v) is 2.54. The van der Waals surface area contributed by atoms with Gasteiger partial charge < -0.3 is 0 Å².